The Morgan fingerprint density at radius 3 is 2.91 bits per heavy atom. The number of Topliss-reactive ketones (excluding diaryl/α,β-unsaturated/α-hetero) is 1. The molecule has 0 aromatic heterocycles. The molecular weight excluding hydrogens is 412 g/mol. The molecule has 0 aromatic carbocycles. The van der Waals surface area contributed by atoms with Crippen LogP contribution in [-0.2, 0) is 23.9 Å². The minimum Gasteiger partial charge on any atom is -0.475 e. The third kappa shape index (κ3) is 2.62. The maximum Gasteiger partial charge on any atom is 0.375 e. The lowest BCUT2D eigenvalue weighted by molar-refractivity contribution is -0.201. The number of aliphatic hydroxyl groups is 1. The maximum atomic E-state index is 13.5. The Bertz CT molecular complexity index is 1250. The molecule has 4 aliphatic carbocycles. The van der Waals surface area contributed by atoms with Crippen molar-refractivity contribution in [3.05, 3.63) is 23.8 Å². The highest BCUT2D eigenvalue weighted by molar-refractivity contribution is 6.36. The van der Waals surface area contributed by atoms with Crippen LogP contribution >= 0.6 is 0 Å². The molecule has 4 fully saturated rings. The molecule has 1 heterocycles. The average Bonchev–Trinajstić information content (AvgIpc) is 3.26. The van der Waals surface area contributed by atoms with Gasteiger partial charge in [-0.15, -0.1) is 0 Å². The Labute approximate surface area is 199 Å². The van der Waals surface area contributed by atoms with Gasteiger partial charge in [0.25, 0.3) is 5.78 Å². The van der Waals surface area contributed by atoms with Crippen LogP contribution in [-0.4, -0.2) is 51.8 Å². The molecule has 9 atom stereocenters. The van der Waals surface area contributed by atoms with Crippen molar-refractivity contribution >= 4 is 17.5 Å². The van der Waals surface area contributed by atoms with Crippen LogP contribution in [0.4, 0.5) is 0 Å². The van der Waals surface area contributed by atoms with E-state index in [4.69, 9.17) is 20.4 Å². The normalized spacial score (nSPS) is 56.3. The standard InChI is InChI=1S/C25H32O7/c1-4-5-19-31-18-11-16-15-7-6-13-10-14(26)8-9-23(13,2)20(15)17(27)12-24(16,3)25(18,32-19)21(28)22(29)30/h8-10,15-20,27H,4-7,11-12H2,1-3H3,(H,29,30)/t15-,16-,17-,18+,19?,20+,23-,24-,25-/m0/s1/i1D3,4D2,5D2,19D. The second kappa shape index (κ2) is 7.08. The number of aliphatic hydroxyl groups excluding tert-OH is 1. The van der Waals surface area contributed by atoms with Gasteiger partial charge in [0.15, 0.2) is 17.7 Å². The van der Waals surface area contributed by atoms with E-state index in [1.54, 1.807) is 12.2 Å². The number of ketones is 2. The average molecular weight is 453 g/mol. The van der Waals surface area contributed by atoms with E-state index in [1.165, 1.54) is 13.0 Å². The first-order valence-corrected chi connectivity index (χ1v) is 10.9. The molecule has 0 bridgehead atoms. The molecule has 3 saturated carbocycles. The van der Waals surface area contributed by atoms with Crippen molar-refractivity contribution in [2.45, 2.75) is 83.2 Å². The van der Waals surface area contributed by atoms with E-state index in [2.05, 4.69) is 0 Å². The maximum absolute atomic E-state index is 13.5. The molecule has 5 aliphatic rings. The zero-order chi connectivity index (χ0) is 30.1. The Hall–Kier alpha value is -1.83. The van der Waals surface area contributed by atoms with Crippen molar-refractivity contribution in [3.63, 3.8) is 0 Å². The third-order valence-electron chi connectivity index (χ3n) is 8.85. The fourth-order valence-corrected chi connectivity index (χ4v) is 7.63. The lowest BCUT2D eigenvalue weighted by atomic mass is 9.46. The first-order chi connectivity index (χ1) is 18.1. The smallest absolute Gasteiger partial charge is 0.375 e. The zero-order valence-corrected chi connectivity index (χ0v) is 17.9. The number of rotatable bonds is 4. The summed E-state index contributed by atoms with van der Waals surface area (Å²) < 4.78 is 75.4. The van der Waals surface area contributed by atoms with Crippen molar-refractivity contribution in [3.8, 4) is 0 Å². The Kier molecular flexibility index (Phi) is 3.19. The Morgan fingerprint density at radius 2 is 2.19 bits per heavy atom. The van der Waals surface area contributed by atoms with Gasteiger partial charge >= 0.3 is 5.97 Å². The van der Waals surface area contributed by atoms with Crippen molar-refractivity contribution in [2.24, 2.45) is 28.6 Å². The van der Waals surface area contributed by atoms with Gasteiger partial charge in [-0.05, 0) is 56.0 Å². The molecule has 7 nitrogen and oxygen atoms in total. The molecule has 32 heavy (non-hydrogen) atoms. The molecule has 174 valence electrons. The predicted molar refractivity (Wildman–Crippen MR) is 113 cm³/mol. The summed E-state index contributed by atoms with van der Waals surface area (Å²) in [7, 11) is 0. The van der Waals surface area contributed by atoms with Crippen LogP contribution in [0.5, 0.6) is 0 Å². The van der Waals surface area contributed by atoms with E-state index >= 15 is 0 Å². The van der Waals surface area contributed by atoms with Gasteiger partial charge in [0.2, 0.25) is 0 Å². The van der Waals surface area contributed by atoms with E-state index in [1.807, 2.05) is 6.92 Å². The fourth-order valence-electron chi connectivity index (χ4n) is 7.63. The highest BCUT2D eigenvalue weighted by Crippen LogP contribution is 2.69. The fraction of sp³-hybridized carbons (Fsp3) is 0.720. The van der Waals surface area contributed by atoms with Gasteiger partial charge in [-0.25, -0.2) is 4.79 Å². The first kappa shape index (κ1) is 14.4. The van der Waals surface area contributed by atoms with Crippen molar-refractivity contribution in [1.82, 2.24) is 0 Å². The zero-order valence-electron chi connectivity index (χ0n) is 25.9. The Morgan fingerprint density at radius 1 is 1.41 bits per heavy atom. The van der Waals surface area contributed by atoms with E-state index in [0.29, 0.717) is 12.8 Å². The molecule has 0 aromatic rings. The van der Waals surface area contributed by atoms with Crippen molar-refractivity contribution in [1.29, 1.82) is 0 Å². The van der Waals surface area contributed by atoms with Gasteiger partial charge in [-0.3, -0.25) is 9.59 Å². The lowest BCUT2D eigenvalue weighted by Crippen LogP contribution is -2.64. The molecule has 0 amide bonds. The summed E-state index contributed by atoms with van der Waals surface area (Å²) in [6, 6.07) is 0. The monoisotopic (exact) mass is 452 g/mol. The largest absolute Gasteiger partial charge is 0.475 e. The lowest BCUT2D eigenvalue weighted by Gasteiger charge is -2.59. The molecular formula is C25H32O7. The summed E-state index contributed by atoms with van der Waals surface area (Å²) in [5, 5.41) is 21.5. The number of allylic oxidation sites excluding steroid dienone is 4. The van der Waals surface area contributed by atoms with Gasteiger partial charge in [0, 0.05) is 26.3 Å². The summed E-state index contributed by atoms with van der Waals surface area (Å²) in [6.07, 6.45) is -7.84. The van der Waals surface area contributed by atoms with Crippen molar-refractivity contribution < 1.29 is 45.0 Å². The van der Waals surface area contributed by atoms with E-state index in [0.717, 1.165) is 5.57 Å². The molecule has 7 heteroatoms. The minimum atomic E-state index is -3.68. The number of carbonyl (C=O) groups excluding carboxylic acids is 2. The summed E-state index contributed by atoms with van der Waals surface area (Å²) in [5.41, 5.74) is -3.79. The number of fused-ring (bicyclic) bond motifs is 7. The molecule has 1 saturated heterocycles. The molecule has 1 unspecified atom stereocenters. The van der Waals surface area contributed by atoms with Crippen LogP contribution < -0.4 is 0 Å². The van der Waals surface area contributed by atoms with Crippen LogP contribution in [0.2, 0.25) is 0 Å². The second-order valence-electron chi connectivity index (χ2n) is 10.1. The topological polar surface area (TPSA) is 110 Å². The minimum absolute atomic E-state index is 0.0609. The van der Waals surface area contributed by atoms with Crippen LogP contribution in [0.1, 0.15) is 70.1 Å². The van der Waals surface area contributed by atoms with Gasteiger partial charge in [0.05, 0.1) is 13.6 Å². The molecule has 2 N–H and O–H groups in total. The quantitative estimate of drug-likeness (QED) is 0.631. The Balaban J connectivity index is 1.61. The third-order valence-corrected chi connectivity index (χ3v) is 8.85. The van der Waals surface area contributed by atoms with Crippen LogP contribution in [0.25, 0.3) is 0 Å². The van der Waals surface area contributed by atoms with Crippen LogP contribution in [0.3, 0.4) is 0 Å². The number of aliphatic carboxylic acids is 1. The van der Waals surface area contributed by atoms with Crippen LogP contribution in [0.15, 0.2) is 23.8 Å². The first-order valence-electron chi connectivity index (χ1n) is 14.9. The van der Waals surface area contributed by atoms with E-state index < -0.39 is 78.1 Å². The summed E-state index contributed by atoms with van der Waals surface area (Å²) in [6.45, 7) is -0.0993. The van der Waals surface area contributed by atoms with Crippen molar-refractivity contribution in [2.75, 3.05) is 0 Å². The van der Waals surface area contributed by atoms with Crippen LogP contribution in [0, 0.1) is 28.6 Å². The highest BCUT2D eigenvalue weighted by Gasteiger charge is 2.76. The number of carbonyl (C=O) groups is 3. The predicted octanol–water partition coefficient (Wildman–Crippen LogP) is 2.81. The number of carboxylic acid groups (broad SMARTS) is 1. The van der Waals surface area contributed by atoms with Gasteiger partial charge in [0.1, 0.15) is 0 Å². The number of hydrogen-bond donors (Lipinski definition) is 2. The highest BCUT2D eigenvalue weighted by atomic mass is 16.7. The number of carboxylic acids is 1. The number of ether oxygens (including phenoxy) is 2. The van der Waals surface area contributed by atoms with Gasteiger partial charge < -0.3 is 19.7 Å². The summed E-state index contributed by atoms with van der Waals surface area (Å²) >= 11 is 0. The van der Waals surface area contributed by atoms with E-state index in [9.17, 15) is 24.6 Å². The molecule has 0 spiro atoms. The molecule has 1 aliphatic heterocycles. The number of hydrogen-bond acceptors (Lipinski definition) is 6. The summed E-state index contributed by atoms with van der Waals surface area (Å²) in [5.74, 6) is -4.81. The molecule has 5 rings (SSSR count). The van der Waals surface area contributed by atoms with Gasteiger partial charge in [-0.2, -0.15) is 0 Å². The van der Waals surface area contributed by atoms with Gasteiger partial charge in [-0.1, -0.05) is 38.7 Å². The van der Waals surface area contributed by atoms with E-state index in [-0.39, 0.29) is 24.5 Å². The summed E-state index contributed by atoms with van der Waals surface area (Å²) in [4.78, 5) is 37.7. The second-order valence-corrected chi connectivity index (χ2v) is 10.1. The molecule has 0 radical (unpaired) electrons. The SMILES string of the molecule is [2H]C([2H])([2H])C([2H])([2H])C([2H])([2H])C1([2H])O[C@@H]2C[C@H]3[C@@H]4CCC5=CC(=O)C=C[C@]5(C)[C@H]4[C@@H](O)C[C@]3(C)[C@]2(C(=O)C(=O)O)O1.